The minimum absolute atomic E-state index is 0.143. The van der Waals surface area contributed by atoms with Gasteiger partial charge in [0, 0.05) is 12.8 Å². The number of carbonyl (C=O) groups excluding carboxylic acids is 3. The Morgan fingerprint density at radius 2 is 0.687 bits per heavy atom. The van der Waals surface area contributed by atoms with E-state index in [1.165, 1.54) is 154 Å². The Labute approximate surface area is 511 Å². The first kappa shape index (κ1) is 79.0. The van der Waals surface area contributed by atoms with E-state index in [0.717, 1.165) is 96.3 Å². The molecule has 2 unspecified atom stereocenters. The number of carbonyl (C=O) groups is 3. The minimum atomic E-state index is -1.63. The second-order valence-electron chi connectivity index (χ2n) is 23.7. The van der Waals surface area contributed by atoms with Gasteiger partial charge in [0.2, 0.25) is 0 Å². The number of carboxylic acids is 1. The molecule has 0 bridgehead atoms. The largest absolute Gasteiger partial charge is 0.545 e. The van der Waals surface area contributed by atoms with Crippen LogP contribution in [0.25, 0.3) is 0 Å². The number of allylic oxidation sites excluding steroid dienone is 18. The van der Waals surface area contributed by atoms with Crippen LogP contribution in [0.5, 0.6) is 0 Å². The van der Waals surface area contributed by atoms with Crippen molar-refractivity contribution in [2.75, 3.05) is 47.5 Å². The Hall–Kier alpha value is -4.05. The molecule has 0 aliphatic rings. The molecule has 0 aromatic heterocycles. The second-order valence-corrected chi connectivity index (χ2v) is 23.7. The first-order valence-corrected chi connectivity index (χ1v) is 34.0. The van der Waals surface area contributed by atoms with Gasteiger partial charge in [0.15, 0.2) is 12.4 Å². The van der Waals surface area contributed by atoms with Gasteiger partial charge in [-0.3, -0.25) is 9.59 Å². The molecule has 9 heteroatoms. The Morgan fingerprint density at radius 3 is 1.02 bits per heavy atom. The Morgan fingerprint density at radius 1 is 0.373 bits per heavy atom. The predicted molar refractivity (Wildman–Crippen MR) is 352 cm³/mol. The number of rotatable bonds is 62. The Kier molecular flexibility index (Phi) is 60.8. The van der Waals surface area contributed by atoms with Crippen LogP contribution in [0.1, 0.15) is 284 Å². The molecule has 9 nitrogen and oxygen atoms in total. The predicted octanol–water partition coefficient (Wildman–Crippen LogP) is 19.7. The highest BCUT2D eigenvalue weighted by Gasteiger charge is 2.22. The first-order chi connectivity index (χ1) is 40.6. The van der Waals surface area contributed by atoms with Gasteiger partial charge in [-0.1, -0.05) is 277 Å². The van der Waals surface area contributed by atoms with Crippen LogP contribution in [0.4, 0.5) is 0 Å². The third-order valence-corrected chi connectivity index (χ3v) is 14.5. The van der Waals surface area contributed by atoms with E-state index in [9.17, 15) is 19.5 Å². The average Bonchev–Trinajstić information content (AvgIpc) is 3.46. The lowest BCUT2D eigenvalue weighted by Gasteiger charge is -2.26. The molecule has 0 spiro atoms. The fourth-order valence-corrected chi connectivity index (χ4v) is 9.31. The number of nitrogens with zero attached hydrogens (tertiary/aromatic N) is 1. The molecule has 83 heavy (non-hydrogen) atoms. The van der Waals surface area contributed by atoms with Gasteiger partial charge in [-0.2, -0.15) is 0 Å². The van der Waals surface area contributed by atoms with Crippen LogP contribution in [0.15, 0.2) is 109 Å². The van der Waals surface area contributed by atoms with Crippen LogP contribution in [0.2, 0.25) is 0 Å². The van der Waals surface area contributed by atoms with E-state index in [4.69, 9.17) is 18.9 Å². The summed E-state index contributed by atoms with van der Waals surface area (Å²) in [7, 11) is 5.93. The zero-order chi connectivity index (χ0) is 60.5. The monoisotopic (exact) mass is 1160 g/mol. The molecule has 0 amide bonds. The summed E-state index contributed by atoms with van der Waals surface area (Å²) in [4.78, 5) is 37.5. The molecule has 0 saturated heterocycles. The van der Waals surface area contributed by atoms with Gasteiger partial charge in [0.25, 0.3) is 0 Å². The van der Waals surface area contributed by atoms with Crippen molar-refractivity contribution >= 4 is 17.9 Å². The molecular weight excluding hydrogens is 1030 g/mol. The van der Waals surface area contributed by atoms with Crippen LogP contribution in [0.3, 0.4) is 0 Å². The highest BCUT2D eigenvalue weighted by Crippen LogP contribution is 2.17. The molecule has 0 heterocycles. The SMILES string of the molecule is CC/C=C\C/C=C\C/C=C\C/C=C\C/C=C\C/C=C\C/C=C\CCCCCCCCCCCCCC(=O)OC(COC(=O)CCCCCCCCCCCCCCC/C=C\C/C=C\CCCCCCC)COC(OCC[N+](C)(C)C)C(=O)[O-]. The smallest absolute Gasteiger partial charge is 0.306 e. The summed E-state index contributed by atoms with van der Waals surface area (Å²) in [6.07, 6.45) is 85.8. The maximum Gasteiger partial charge on any atom is 0.306 e. The standard InChI is InChI=1S/C74H127NO8/c1-6-8-10-12-14-16-18-20-22-24-26-28-30-32-33-34-35-36-37-38-39-41-43-45-47-49-51-53-55-57-59-61-63-65-72(77)83-70(69-82-74(73(78)79)80-67-66-75(3,4)5)68-81-71(76)64-62-60-58-56-54-52-50-48-46-44-42-40-31-29-27-25-23-21-19-17-15-13-11-9-7-2/h8,10,14,16,19-22,25-28,32-33,35-36,38-39,70,74H,6-7,9,11-13,15,17-18,23-24,29-31,34,37,40-69H2,1-5H3/b10-8-,16-14-,21-19-,22-20-,27-25-,28-26-,33-32-,36-35-,39-38-. The van der Waals surface area contributed by atoms with Crippen molar-refractivity contribution in [2.24, 2.45) is 0 Å². The Bertz CT molecular complexity index is 1730. The molecule has 0 aromatic carbocycles. The minimum Gasteiger partial charge on any atom is -0.545 e. The van der Waals surface area contributed by atoms with E-state index >= 15 is 0 Å². The lowest BCUT2D eigenvalue weighted by Crippen LogP contribution is -2.44. The molecule has 0 saturated carbocycles. The van der Waals surface area contributed by atoms with Crippen LogP contribution in [0, 0.1) is 0 Å². The van der Waals surface area contributed by atoms with Gasteiger partial charge < -0.3 is 33.3 Å². The first-order valence-electron chi connectivity index (χ1n) is 34.0. The van der Waals surface area contributed by atoms with E-state index in [0.29, 0.717) is 17.4 Å². The van der Waals surface area contributed by atoms with Gasteiger partial charge in [0.05, 0.1) is 40.3 Å². The highest BCUT2D eigenvalue weighted by molar-refractivity contribution is 5.70. The van der Waals surface area contributed by atoms with Crippen molar-refractivity contribution in [3.63, 3.8) is 0 Å². The van der Waals surface area contributed by atoms with Crippen molar-refractivity contribution in [1.82, 2.24) is 0 Å². The number of unbranched alkanes of at least 4 members (excludes halogenated alkanes) is 29. The number of aliphatic carboxylic acids is 1. The summed E-state index contributed by atoms with van der Waals surface area (Å²) in [6.45, 7) is 4.64. The molecule has 0 N–H and O–H groups in total. The molecule has 2 atom stereocenters. The number of ether oxygens (including phenoxy) is 4. The third-order valence-electron chi connectivity index (χ3n) is 14.5. The third kappa shape index (κ3) is 65.3. The second kappa shape index (κ2) is 64.0. The van der Waals surface area contributed by atoms with Crippen molar-refractivity contribution in [3.8, 4) is 0 Å². The molecule has 0 aliphatic carbocycles. The van der Waals surface area contributed by atoms with Crippen molar-refractivity contribution in [1.29, 1.82) is 0 Å². The number of likely N-dealkylation sites (N-methyl/N-ethyl adjacent to an activating group) is 1. The summed E-state index contributed by atoms with van der Waals surface area (Å²) in [5.41, 5.74) is 0. The van der Waals surface area contributed by atoms with E-state index in [1.54, 1.807) is 0 Å². The van der Waals surface area contributed by atoms with Gasteiger partial charge in [0.1, 0.15) is 13.2 Å². The van der Waals surface area contributed by atoms with Gasteiger partial charge in [-0.25, -0.2) is 0 Å². The number of esters is 2. The molecule has 0 radical (unpaired) electrons. The molecule has 0 aliphatic heterocycles. The zero-order valence-electron chi connectivity index (χ0n) is 54.3. The molecule has 0 rings (SSSR count). The van der Waals surface area contributed by atoms with Crippen LogP contribution in [-0.2, 0) is 33.3 Å². The maximum absolute atomic E-state index is 12.9. The average molecular weight is 1160 g/mol. The number of hydrogen-bond donors (Lipinski definition) is 0. The number of hydrogen-bond acceptors (Lipinski definition) is 8. The lowest BCUT2D eigenvalue weighted by atomic mass is 10.0. The molecule has 0 aromatic rings. The van der Waals surface area contributed by atoms with E-state index in [-0.39, 0.29) is 38.6 Å². The lowest BCUT2D eigenvalue weighted by molar-refractivity contribution is -0.870. The van der Waals surface area contributed by atoms with E-state index in [2.05, 4.69) is 123 Å². The number of carboxylic acid groups (broad SMARTS) is 1. The van der Waals surface area contributed by atoms with Crippen molar-refractivity contribution < 1.29 is 42.9 Å². The fraction of sp³-hybridized carbons (Fsp3) is 0.716. The van der Waals surface area contributed by atoms with Crippen molar-refractivity contribution in [2.45, 2.75) is 296 Å². The molecule has 0 fully saturated rings. The quantitative estimate of drug-likeness (QED) is 0.0195. The number of quaternary nitrogens is 1. The van der Waals surface area contributed by atoms with Crippen LogP contribution < -0.4 is 5.11 Å². The highest BCUT2D eigenvalue weighted by atomic mass is 16.7. The molecule has 476 valence electrons. The van der Waals surface area contributed by atoms with E-state index < -0.39 is 24.3 Å². The van der Waals surface area contributed by atoms with Gasteiger partial charge in [-0.05, 0) is 103 Å². The van der Waals surface area contributed by atoms with Gasteiger partial charge in [-0.15, -0.1) is 0 Å². The summed E-state index contributed by atoms with van der Waals surface area (Å²) >= 11 is 0. The molecular formula is C74H127NO8. The zero-order valence-corrected chi connectivity index (χ0v) is 54.3. The fourth-order valence-electron chi connectivity index (χ4n) is 9.31. The summed E-state index contributed by atoms with van der Waals surface area (Å²) in [5, 5.41) is 11.8. The summed E-state index contributed by atoms with van der Waals surface area (Å²) in [5.74, 6) is -2.29. The maximum atomic E-state index is 12.9. The Balaban J connectivity index is 4.17. The van der Waals surface area contributed by atoms with Gasteiger partial charge >= 0.3 is 11.9 Å². The summed E-state index contributed by atoms with van der Waals surface area (Å²) < 4.78 is 22.8. The van der Waals surface area contributed by atoms with Crippen LogP contribution in [-0.4, -0.2) is 82.3 Å². The van der Waals surface area contributed by atoms with Crippen molar-refractivity contribution in [3.05, 3.63) is 109 Å². The summed E-state index contributed by atoms with van der Waals surface area (Å²) in [6, 6.07) is 0. The normalized spacial score (nSPS) is 13.4. The van der Waals surface area contributed by atoms with E-state index in [1.807, 2.05) is 21.1 Å². The van der Waals surface area contributed by atoms with Crippen LogP contribution >= 0.6 is 0 Å². The topological polar surface area (TPSA) is 111 Å².